The maximum atomic E-state index is 3.55. The third-order valence-corrected chi connectivity index (χ3v) is 4.25. The van der Waals surface area contributed by atoms with Gasteiger partial charge in [0.1, 0.15) is 0 Å². The van der Waals surface area contributed by atoms with E-state index in [1.165, 1.54) is 49.2 Å². The Morgan fingerprint density at radius 1 is 1.19 bits per heavy atom. The SMILES string of the molecule is Brc1cccc(N2CCN3CCCC3C2)c1. The van der Waals surface area contributed by atoms with Crippen LogP contribution in [-0.2, 0) is 0 Å². The highest BCUT2D eigenvalue weighted by Crippen LogP contribution is 2.26. The lowest BCUT2D eigenvalue weighted by atomic mass is 10.1. The smallest absolute Gasteiger partial charge is 0.0378 e. The van der Waals surface area contributed by atoms with E-state index in [1.54, 1.807) is 0 Å². The van der Waals surface area contributed by atoms with Crippen molar-refractivity contribution in [2.45, 2.75) is 18.9 Å². The van der Waals surface area contributed by atoms with E-state index in [2.05, 4.69) is 50.0 Å². The molecule has 0 spiro atoms. The summed E-state index contributed by atoms with van der Waals surface area (Å²) in [5.74, 6) is 0. The Bertz CT molecular complexity index is 380. The van der Waals surface area contributed by atoms with E-state index in [0.717, 1.165) is 6.04 Å². The molecule has 3 heteroatoms. The molecule has 0 bridgehead atoms. The topological polar surface area (TPSA) is 6.48 Å². The summed E-state index contributed by atoms with van der Waals surface area (Å²) in [6.45, 7) is 4.93. The molecule has 0 aromatic heterocycles. The Balaban J connectivity index is 1.76. The zero-order valence-electron chi connectivity index (χ0n) is 9.40. The largest absolute Gasteiger partial charge is 0.369 e. The molecule has 0 saturated carbocycles. The summed E-state index contributed by atoms with van der Waals surface area (Å²) >= 11 is 3.55. The van der Waals surface area contributed by atoms with Crippen LogP contribution in [0.4, 0.5) is 5.69 Å². The van der Waals surface area contributed by atoms with Gasteiger partial charge in [-0.3, -0.25) is 4.90 Å². The zero-order chi connectivity index (χ0) is 11.0. The van der Waals surface area contributed by atoms with Crippen molar-refractivity contribution in [3.05, 3.63) is 28.7 Å². The standard InChI is InChI=1S/C13H17BrN2/c14-11-3-1-4-12(9-11)16-8-7-15-6-2-5-13(15)10-16/h1,3-4,9,13H,2,5-8,10H2. The molecule has 2 heterocycles. The van der Waals surface area contributed by atoms with E-state index in [-0.39, 0.29) is 0 Å². The van der Waals surface area contributed by atoms with Gasteiger partial charge in [-0.05, 0) is 37.6 Å². The first-order chi connectivity index (χ1) is 7.83. The Labute approximate surface area is 105 Å². The lowest BCUT2D eigenvalue weighted by molar-refractivity contribution is 0.231. The Kier molecular flexibility index (Phi) is 2.90. The average Bonchev–Trinajstić information content (AvgIpc) is 2.75. The van der Waals surface area contributed by atoms with Crippen LogP contribution in [0.25, 0.3) is 0 Å². The average molecular weight is 281 g/mol. The van der Waals surface area contributed by atoms with Crippen molar-refractivity contribution in [2.24, 2.45) is 0 Å². The molecule has 2 nitrogen and oxygen atoms in total. The van der Waals surface area contributed by atoms with Crippen LogP contribution in [0.2, 0.25) is 0 Å². The molecule has 2 aliphatic rings. The van der Waals surface area contributed by atoms with Gasteiger partial charge in [0.15, 0.2) is 0 Å². The van der Waals surface area contributed by atoms with Crippen LogP contribution in [0.5, 0.6) is 0 Å². The minimum atomic E-state index is 0.799. The van der Waals surface area contributed by atoms with E-state index < -0.39 is 0 Å². The number of anilines is 1. The summed E-state index contributed by atoms with van der Waals surface area (Å²) in [6, 6.07) is 9.46. The molecular weight excluding hydrogens is 264 g/mol. The van der Waals surface area contributed by atoms with E-state index in [1.807, 2.05) is 0 Å². The summed E-state index contributed by atoms with van der Waals surface area (Å²) in [6.07, 6.45) is 2.77. The molecule has 0 amide bonds. The number of fused-ring (bicyclic) bond motifs is 1. The lowest BCUT2D eigenvalue weighted by Crippen LogP contribution is -2.50. The molecule has 2 fully saturated rings. The van der Waals surface area contributed by atoms with Gasteiger partial charge >= 0.3 is 0 Å². The molecule has 1 aromatic carbocycles. The predicted molar refractivity (Wildman–Crippen MR) is 71.0 cm³/mol. The first kappa shape index (κ1) is 10.6. The third-order valence-electron chi connectivity index (χ3n) is 3.76. The quantitative estimate of drug-likeness (QED) is 0.781. The molecule has 2 saturated heterocycles. The predicted octanol–water partition coefficient (Wildman–Crippen LogP) is 2.73. The molecule has 3 rings (SSSR count). The highest BCUT2D eigenvalue weighted by Gasteiger charge is 2.30. The molecular formula is C13H17BrN2. The summed E-state index contributed by atoms with van der Waals surface area (Å²) in [7, 11) is 0. The second kappa shape index (κ2) is 4.38. The van der Waals surface area contributed by atoms with Crippen molar-refractivity contribution in [3.8, 4) is 0 Å². The molecule has 1 aromatic rings. The highest BCUT2D eigenvalue weighted by molar-refractivity contribution is 9.10. The zero-order valence-corrected chi connectivity index (χ0v) is 11.0. The molecule has 1 unspecified atom stereocenters. The first-order valence-electron chi connectivity index (χ1n) is 6.07. The van der Waals surface area contributed by atoms with Gasteiger partial charge in [0, 0.05) is 35.8 Å². The molecule has 0 N–H and O–H groups in total. The Morgan fingerprint density at radius 3 is 3.00 bits per heavy atom. The molecule has 16 heavy (non-hydrogen) atoms. The number of nitrogens with zero attached hydrogens (tertiary/aromatic N) is 2. The lowest BCUT2D eigenvalue weighted by Gasteiger charge is -2.38. The second-order valence-electron chi connectivity index (χ2n) is 4.76. The van der Waals surface area contributed by atoms with E-state index >= 15 is 0 Å². The Hall–Kier alpha value is -0.540. The fourth-order valence-corrected chi connectivity index (χ4v) is 3.29. The monoisotopic (exact) mass is 280 g/mol. The number of halogens is 1. The normalized spacial score (nSPS) is 25.8. The van der Waals surface area contributed by atoms with Gasteiger partial charge in [-0.15, -0.1) is 0 Å². The van der Waals surface area contributed by atoms with Crippen LogP contribution in [0.3, 0.4) is 0 Å². The van der Waals surface area contributed by atoms with Crippen LogP contribution in [0.15, 0.2) is 28.7 Å². The number of hydrogen-bond donors (Lipinski definition) is 0. The Morgan fingerprint density at radius 2 is 2.12 bits per heavy atom. The van der Waals surface area contributed by atoms with Crippen molar-refractivity contribution in [2.75, 3.05) is 31.1 Å². The van der Waals surface area contributed by atoms with Crippen LogP contribution in [0, 0.1) is 0 Å². The summed E-state index contributed by atoms with van der Waals surface area (Å²) in [5, 5.41) is 0. The summed E-state index contributed by atoms with van der Waals surface area (Å²) in [4.78, 5) is 5.17. The maximum Gasteiger partial charge on any atom is 0.0378 e. The van der Waals surface area contributed by atoms with Crippen molar-refractivity contribution in [3.63, 3.8) is 0 Å². The minimum absolute atomic E-state index is 0.799. The first-order valence-corrected chi connectivity index (χ1v) is 6.87. The van der Waals surface area contributed by atoms with Crippen LogP contribution in [-0.4, -0.2) is 37.1 Å². The van der Waals surface area contributed by atoms with E-state index in [9.17, 15) is 0 Å². The van der Waals surface area contributed by atoms with Gasteiger partial charge in [-0.25, -0.2) is 0 Å². The van der Waals surface area contributed by atoms with Crippen LogP contribution >= 0.6 is 15.9 Å². The van der Waals surface area contributed by atoms with Gasteiger partial charge in [-0.1, -0.05) is 22.0 Å². The highest BCUT2D eigenvalue weighted by atomic mass is 79.9. The number of hydrogen-bond acceptors (Lipinski definition) is 2. The number of benzene rings is 1. The van der Waals surface area contributed by atoms with Crippen molar-refractivity contribution in [1.82, 2.24) is 4.90 Å². The fourth-order valence-electron chi connectivity index (χ4n) is 2.90. The molecule has 86 valence electrons. The number of rotatable bonds is 1. The van der Waals surface area contributed by atoms with E-state index in [0.29, 0.717) is 0 Å². The van der Waals surface area contributed by atoms with Gasteiger partial charge in [0.05, 0.1) is 0 Å². The van der Waals surface area contributed by atoms with E-state index in [4.69, 9.17) is 0 Å². The maximum absolute atomic E-state index is 3.55. The summed E-state index contributed by atoms with van der Waals surface area (Å²) in [5.41, 5.74) is 1.36. The molecule has 0 radical (unpaired) electrons. The second-order valence-corrected chi connectivity index (χ2v) is 5.67. The van der Waals surface area contributed by atoms with Crippen molar-refractivity contribution >= 4 is 21.6 Å². The van der Waals surface area contributed by atoms with Gasteiger partial charge in [0.2, 0.25) is 0 Å². The van der Waals surface area contributed by atoms with Gasteiger partial charge in [0.25, 0.3) is 0 Å². The van der Waals surface area contributed by atoms with Crippen molar-refractivity contribution in [1.29, 1.82) is 0 Å². The third kappa shape index (κ3) is 1.98. The fraction of sp³-hybridized carbons (Fsp3) is 0.538. The molecule has 2 aliphatic heterocycles. The molecule has 0 aliphatic carbocycles. The number of piperazine rings is 1. The van der Waals surface area contributed by atoms with Crippen molar-refractivity contribution < 1.29 is 0 Å². The van der Waals surface area contributed by atoms with Crippen LogP contribution in [0.1, 0.15) is 12.8 Å². The van der Waals surface area contributed by atoms with Gasteiger partial charge < -0.3 is 4.90 Å². The summed E-state index contributed by atoms with van der Waals surface area (Å²) < 4.78 is 1.18. The van der Waals surface area contributed by atoms with Gasteiger partial charge in [-0.2, -0.15) is 0 Å². The molecule has 1 atom stereocenters. The minimum Gasteiger partial charge on any atom is -0.369 e. The van der Waals surface area contributed by atoms with Crippen LogP contribution < -0.4 is 4.90 Å².